The number of nitrogens with zero attached hydrogens (tertiary/aromatic N) is 3. The van der Waals surface area contributed by atoms with Gasteiger partial charge in [0.2, 0.25) is 0 Å². The predicted molar refractivity (Wildman–Crippen MR) is 157 cm³/mol. The summed E-state index contributed by atoms with van der Waals surface area (Å²) in [5.74, 6) is 0.336. The van der Waals surface area contributed by atoms with E-state index in [9.17, 15) is 4.79 Å². The highest BCUT2D eigenvalue weighted by Crippen LogP contribution is 2.44. The van der Waals surface area contributed by atoms with Crippen LogP contribution in [0.25, 0.3) is 11.1 Å². The topological polar surface area (TPSA) is 56.6 Å². The van der Waals surface area contributed by atoms with Gasteiger partial charge in [-0.25, -0.2) is 0 Å². The zero-order valence-corrected chi connectivity index (χ0v) is 24.4. The maximum atomic E-state index is 11.4. The molecule has 39 heavy (non-hydrogen) atoms. The second kappa shape index (κ2) is 12.3. The Morgan fingerprint density at radius 2 is 1.74 bits per heavy atom. The van der Waals surface area contributed by atoms with Crippen molar-refractivity contribution in [1.29, 1.82) is 0 Å². The first-order valence-electron chi connectivity index (χ1n) is 14.1. The van der Waals surface area contributed by atoms with Gasteiger partial charge < -0.3 is 14.4 Å². The molecule has 3 aliphatic rings. The average molecular weight is 571 g/mol. The van der Waals surface area contributed by atoms with Gasteiger partial charge in [0.05, 0.1) is 47.8 Å². The van der Waals surface area contributed by atoms with Gasteiger partial charge in [-0.15, -0.1) is 0 Å². The number of aromatic nitrogens is 2. The largest absolute Gasteiger partial charge is 0.469 e. The summed E-state index contributed by atoms with van der Waals surface area (Å²) in [6, 6.07) is 15.1. The second-order valence-electron chi connectivity index (χ2n) is 10.4. The van der Waals surface area contributed by atoms with Crippen LogP contribution >= 0.6 is 23.2 Å². The lowest BCUT2D eigenvalue weighted by molar-refractivity contribution is -0.140. The Bertz CT molecular complexity index is 1270. The van der Waals surface area contributed by atoms with Gasteiger partial charge >= 0.3 is 5.97 Å². The molecule has 0 amide bonds. The van der Waals surface area contributed by atoms with Crippen LogP contribution in [0.15, 0.2) is 48.7 Å². The van der Waals surface area contributed by atoms with E-state index in [4.69, 9.17) is 37.8 Å². The van der Waals surface area contributed by atoms with Crippen LogP contribution in [0.5, 0.6) is 0 Å². The van der Waals surface area contributed by atoms with Crippen LogP contribution in [0, 0.1) is 5.92 Å². The minimum absolute atomic E-state index is 0.172. The normalized spacial score (nSPS) is 21.6. The average Bonchev–Trinajstić information content (AvgIpc) is 3.41. The van der Waals surface area contributed by atoms with E-state index in [0.29, 0.717) is 47.5 Å². The van der Waals surface area contributed by atoms with Gasteiger partial charge in [0.25, 0.3) is 0 Å². The van der Waals surface area contributed by atoms with Crippen molar-refractivity contribution >= 4 is 34.9 Å². The van der Waals surface area contributed by atoms with E-state index in [1.54, 1.807) is 0 Å². The number of fused-ring (bicyclic) bond motifs is 2. The third-order valence-electron chi connectivity index (χ3n) is 8.05. The highest BCUT2D eigenvalue weighted by atomic mass is 35.5. The first-order valence-corrected chi connectivity index (χ1v) is 14.8. The van der Waals surface area contributed by atoms with Gasteiger partial charge in [-0.3, -0.25) is 9.48 Å². The molecule has 1 saturated heterocycles. The lowest BCUT2D eigenvalue weighted by Crippen LogP contribution is -2.38. The van der Waals surface area contributed by atoms with Crippen LogP contribution in [-0.2, 0) is 27.3 Å². The molecule has 2 aromatic carbocycles. The molecule has 1 aliphatic heterocycles. The van der Waals surface area contributed by atoms with Crippen molar-refractivity contribution in [2.45, 2.75) is 77.2 Å². The van der Waals surface area contributed by atoms with Crippen molar-refractivity contribution < 1.29 is 14.3 Å². The molecule has 2 heterocycles. The fourth-order valence-electron chi connectivity index (χ4n) is 5.94. The van der Waals surface area contributed by atoms with Gasteiger partial charge in [0.1, 0.15) is 0 Å². The molecule has 3 unspecified atom stereocenters. The van der Waals surface area contributed by atoms with Crippen LogP contribution in [0.4, 0.5) is 5.69 Å². The molecule has 2 aliphatic carbocycles. The van der Waals surface area contributed by atoms with E-state index < -0.39 is 0 Å². The summed E-state index contributed by atoms with van der Waals surface area (Å²) in [6.07, 6.45) is 7.71. The highest BCUT2D eigenvalue weighted by Gasteiger charge is 2.45. The third kappa shape index (κ3) is 5.98. The van der Waals surface area contributed by atoms with E-state index in [1.807, 2.05) is 38.2 Å². The van der Waals surface area contributed by atoms with Crippen molar-refractivity contribution in [2.24, 2.45) is 5.92 Å². The number of carbonyl (C=O) groups is 1. The number of ether oxygens (including phenoxy) is 2. The molecule has 2 saturated carbocycles. The van der Waals surface area contributed by atoms with Gasteiger partial charge in [-0.05, 0) is 61.9 Å². The number of carbonyl (C=O) groups excluding carboxylic acids is 1. The zero-order valence-electron chi connectivity index (χ0n) is 22.9. The van der Waals surface area contributed by atoms with Crippen LogP contribution in [0.1, 0.15) is 63.3 Å². The Balaban J connectivity index is 0.00000151. The Hall–Kier alpha value is -2.54. The summed E-state index contributed by atoms with van der Waals surface area (Å²) in [7, 11) is 1.43. The summed E-state index contributed by atoms with van der Waals surface area (Å²) >= 11 is 13.1. The van der Waals surface area contributed by atoms with Gasteiger partial charge in [-0.1, -0.05) is 55.2 Å². The number of methoxy groups -OCH3 is 1. The molecule has 0 N–H and O–H groups in total. The number of piperidine rings is 1. The number of benzene rings is 2. The number of halogens is 2. The summed E-state index contributed by atoms with van der Waals surface area (Å²) in [5.41, 5.74) is 5.28. The molecule has 2 bridgehead atoms. The predicted octanol–water partition coefficient (Wildman–Crippen LogP) is 7.51. The van der Waals surface area contributed by atoms with Crippen LogP contribution in [0.3, 0.4) is 0 Å². The van der Waals surface area contributed by atoms with Gasteiger partial charge in [-0.2, -0.15) is 5.10 Å². The van der Waals surface area contributed by atoms with E-state index in [0.717, 1.165) is 54.6 Å². The summed E-state index contributed by atoms with van der Waals surface area (Å²) in [5, 5.41) is 5.97. The maximum Gasteiger partial charge on any atom is 0.305 e. The van der Waals surface area contributed by atoms with Crippen molar-refractivity contribution in [3.63, 3.8) is 0 Å². The minimum atomic E-state index is -0.172. The van der Waals surface area contributed by atoms with Gasteiger partial charge in [0, 0.05) is 41.7 Å². The maximum absolute atomic E-state index is 11.4. The van der Waals surface area contributed by atoms with Crippen LogP contribution in [0.2, 0.25) is 10.0 Å². The fourth-order valence-corrected chi connectivity index (χ4v) is 6.55. The van der Waals surface area contributed by atoms with Crippen LogP contribution in [-0.4, -0.2) is 41.6 Å². The first-order chi connectivity index (χ1) is 19.0. The first kappa shape index (κ1) is 28.0. The highest BCUT2D eigenvalue weighted by molar-refractivity contribution is 6.39. The lowest BCUT2D eigenvalue weighted by Gasteiger charge is -2.33. The number of hydrogen-bond donors (Lipinski definition) is 0. The van der Waals surface area contributed by atoms with E-state index >= 15 is 0 Å². The number of hydrogen-bond acceptors (Lipinski definition) is 5. The molecule has 3 fully saturated rings. The minimum Gasteiger partial charge on any atom is -0.469 e. The standard InChI is InChI=1S/C29H31Cl2N3O3.C2H6/c1-36-28(35)12-7-18-5-8-20(9-6-18)33-16-19-13-22(33)14-27(19)37-17-26-23(15-32-34(26)21-10-11-21)29-24(30)3-2-4-25(29)31;1-2/h2-6,8-9,15,19,21-22,27H,7,10-14,16-17H2,1H3;1-2H3. The lowest BCUT2D eigenvalue weighted by atomic mass is 10.0. The molecule has 8 heteroatoms. The van der Waals surface area contributed by atoms with Gasteiger partial charge in [0.15, 0.2) is 0 Å². The number of esters is 1. The van der Waals surface area contributed by atoms with Crippen molar-refractivity contribution in [2.75, 3.05) is 18.6 Å². The summed E-state index contributed by atoms with van der Waals surface area (Å²) in [6.45, 7) is 5.51. The molecule has 0 radical (unpaired) electrons. The smallest absolute Gasteiger partial charge is 0.305 e. The fraction of sp³-hybridized carbons (Fsp3) is 0.484. The Morgan fingerprint density at radius 3 is 2.36 bits per heavy atom. The molecule has 0 spiro atoms. The molecule has 6 rings (SSSR count). The summed E-state index contributed by atoms with van der Waals surface area (Å²) < 4.78 is 13.5. The Labute approximate surface area is 241 Å². The molecule has 3 aromatic rings. The molecule has 3 atom stereocenters. The monoisotopic (exact) mass is 569 g/mol. The third-order valence-corrected chi connectivity index (χ3v) is 8.68. The second-order valence-corrected chi connectivity index (χ2v) is 11.2. The Kier molecular flexibility index (Phi) is 8.85. The Morgan fingerprint density at radius 1 is 1.03 bits per heavy atom. The van der Waals surface area contributed by atoms with Crippen molar-refractivity contribution in [1.82, 2.24) is 9.78 Å². The molecular weight excluding hydrogens is 533 g/mol. The van der Waals surface area contributed by atoms with E-state index in [-0.39, 0.29) is 12.1 Å². The quantitative estimate of drug-likeness (QED) is 0.249. The molecule has 6 nitrogen and oxygen atoms in total. The molecular formula is C31H37Cl2N3O3. The number of anilines is 1. The van der Waals surface area contributed by atoms with E-state index in [2.05, 4.69) is 33.8 Å². The van der Waals surface area contributed by atoms with Crippen molar-refractivity contribution in [3.8, 4) is 11.1 Å². The van der Waals surface area contributed by atoms with E-state index in [1.165, 1.54) is 12.8 Å². The van der Waals surface area contributed by atoms with Crippen molar-refractivity contribution in [3.05, 3.63) is 70.0 Å². The zero-order chi connectivity index (χ0) is 27.5. The SMILES string of the molecule is CC.COC(=O)CCc1ccc(N2CC3CC2CC3OCc2c(-c3c(Cl)cccc3Cl)cnn2C2CC2)cc1. The molecule has 208 valence electrons. The molecule has 1 aromatic heterocycles. The van der Waals surface area contributed by atoms with Crippen LogP contribution < -0.4 is 4.90 Å². The number of aryl methyl sites for hydroxylation is 1. The number of rotatable bonds is 9. The summed E-state index contributed by atoms with van der Waals surface area (Å²) in [4.78, 5) is 13.9.